The molecule has 0 bridgehead atoms. The second kappa shape index (κ2) is 5.47. The molecule has 0 aromatic heterocycles. The third kappa shape index (κ3) is 4.14. The van der Waals surface area contributed by atoms with Crippen molar-refractivity contribution in [2.75, 3.05) is 0 Å². The molecule has 0 aliphatic carbocycles. The zero-order valence-corrected chi connectivity index (χ0v) is 6.74. The van der Waals surface area contributed by atoms with Crippen molar-refractivity contribution in [3.8, 4) is 0 Å². The van der Waals surface area contributed by atoms with Crippen LogP contribution in [0.5, 0.6) is 0 Å². The molecule has 2 nitrogen and oxygen atoms in total. The van der Waals surface area contributed by atoms with Gasteiger partial charge in [-0.05, 0) is 19.9 Å². The van der Waals surface area contributed by atoms with Gasteiger partial charge in [0.15, 0.2) is 0 Å². The molecule has 0 amide bonds. The molecule has 2 heteroatoms. The maximum Gasteiger partial charge on any atom is 0.335 e. The molecule has 0 rings (SSSR count). The second-order valence-corrected chi connectivity index (χ2v) is 1.93. The molecule has 0 radical (unpaired) electrons. The molecule has 0 atom stereocenters. The number of allylic oxidation sites excluding steroid dienone is 4. The lowest BCUT2D eigenvalue weighted by Gasteiger charge is -1.89. The Hall–Kier alpha value is -1.31. The third-order valence-electron chi connectivity index (χ3n) is 1.14. The number of aliphatic carboxylic acids is 1. The number of carbonyl (C=O) groups is 1. The fourth-order valence-electron chi connectivity index (χ4n) is 0.561. The first kappa shape index (κ1) is 9.69. The minimum Gasteiger partial charge on any atom is -0.478 e. The van der Waals surface area contributed by atoms with Gasteiger partial charge in [-0.2, -0.15) is 0 Å². The first-order valence-corrected chi connectivity index (χ1v) is 3.41. The van der Waals surface area contributed by atoms with E-state index in [9.17, 15) is 4.79 Å². The van der Waals surface area contributed by atoms with Crippen LogP contribution in [0, 0.1) is 0 Å². The number of carboxylic acids is 1. The molecule has 0 unspecified atom stereocenters. The van der Waals surface area contributed by atoms with Gasteiger partial charge in [0.2, 0.25) is 0 Å². The lowest BCUT2D eigenvalue weighted by molar-refractivity contribution is -0.132. The molecular formula is C9H12O2. The molecule has 0 aromatic carbocycles. The Morgan fingerprint density at radius 3 is 2.27 bits per heavy atom. The standard InChI is InChI=1S/C9H12O2/c1-3-5-6-7-8(4-2)9(10)11/h3-7H,1-2H3,(H,10,11)/b5-3+,7-6+,8-4+. The fraction of sp³-hybridized carbons (Fsp3) is 0.222. The SMILES string of the molecule is C/C=C/C=C/C(=C\C)C(=O)O. The highest BCUT2D eigenvalue weighted by molar-refractivity contribution is 5.89. The van der Waals surface area contributed by atoms with E-state index in [1.54, 1.807) is 31.2 Å². The van der Waals surface area contributed by atoms with E-state index in [4.69, 9.17) is 5.11 Å². The van der Waals surface area contributed by atoms with Gasteiger partial charge in [-0.1, -0.05) is 24.3 Å². The molecule has 1 N–H and O–H groups in total. The van der Waals surface area contributed by atoms with Gasteiger partial charge >= 0.3 is 5.97 Å². The van der Waals surface area contributed by atoms with E-state index in [1.165, 1.54) is 0 Å². The average Bonchev–Trinajstić information content (AvgIpc) is 1.97. The van der Waals surface area contributed by atoms with E-state index in [0.29, 0.717) is 5.57 Å². The van der Waals surface area contributed by atoms with Crippen LogP contribution in [0.1, 0.15) is 13.8 Å². The van der Waals surface area contributed by atoms with Crippen LogP contribution in [-0.2, 0) is 4.79 Å². The minimum atomic E-state index is -0.895. The molecule has 11 heavy (non-hydrogen) atoms. The van der Waals surface area contributed by atoms with Crippen molar-refractivity contribution < 1.29 is 9.90 Å². The van der Waals surface area contributed by atoms with Gasteiger partial charge in [0.1, 0.15) is 0 Å². The summed E-state index contributed by atoms with van der Waals surface area (Å²) in [5.74, 6) is -0.895. The van der Waals surface area contributed by atoms with E-state index in [1.807, 2.05) is 13.0 Å². The van der Waals surface area contributed by atoms with Gasteiger partial charge in [0, 0.05) is 0 Å². The monoisotopic (exact) mass is 152 g/mol. The smallest absolute Gasteiger partial charge is 0.335 e. The molecule has 0 fully saturated rings. The molecule has 0 heterocycles. The summed E-state index contributed by atoms with van der Waals surface area (Å²) in [6.07, 6.45) is 8.44. The van der Waals surface area contributed by atoms with Gasteiger partial charge < -0.3 is 5.11 Å². The summed E-state index contributed by atoms with van der Waals surface area (Å²) in [4.78, 5) is 10.4. The molecule has 0 saturated carbocycles. The number of rotatable bonds is 3. The largest absolute Gasteiger partial charge is 0.478 e. The molecule has 60 valence electrons. The van der Waals surface area contributed by atoms with Gasteiger partial charge in [-0.3, -0.25) is 0 Å². The number of carboxylic acid groups (broad SMARTS) is 1. The fourth-order valence-corrected chi connectivity index (χ4v) is 0.561. The quantitative estimate of drug-likeness (QED) is 0.497. The van der Waals surface area contributed by atoms with Crippen molar-refractivity contribution in [1.82, 2.24) is 0 Å². The summed E-state index contributed by atoms with van der Waals surface area (Å²) in [7, 11) is 0. The Balaban J connectivity index is 4.22. The van der Waals surface area contributed by atoms with E-state index in [-0.39, 0.29) is 0 Å². The van der Waals surface area contributed by atoms with Crippen LogP contribution in [0.2, 0.25) is 0 Å². The number of hydrogen-bond donors (Lipinski definition) is 1. The predicted octanol–water partition coefficient (Wildman–Crippen LogP) is 2.15. The molecule has 0 spiro atoms. The molecule has 0 aromatic rings. The summed E-state index contributed by atoms with van der Waals surface area (Å²) in [5.41, 5.74) is 0.308. The maximum absolute atomic E-state index is 10.4. The first-order valence-electron chi connectivity index (χ1n) is 3.41. The average molecular weight is 152 g/mol. The van der Waals surface area contributed by atoms with E-state index in [2.05, 4.69) is 0 Å². The van der Waals surface area contributed by atoms with Crippen molar-refractivity contribution in [2.45, 2.75) is 13.8 Å². The van der Waals surface area contributed by atoms with E-state index < -0.39 is 5.97 Å². The normalized spacial score (nSPS) is 13.1. The highest BCUT2D eigenvalue weighted by Crippen LogP contribution is 1.96. The maximum atomic E-state index is 10.4. The lowest BCUT2D eigenvalue weighted by atomic mass is 10.2. The predicted molar refractivity (Wildman–Crippen MR) is 45.3 cm³/mol. The topological polar surface area (TPSA) is 37.3 Å². The van der Waals surface area contributed by atoms with Gasteiger partial charge in [-0.15, -0.1) is 0 Å². The summed E-state index contributed by atoms with van der Waals surface area (Å²) >= 11 is 0. The van der Waals surface area contributed by atoms with Crippen molar-refractivity contribution in [3.05, 3.63) is 36.0 Å². The van der Waals surface area contributed by atoms with Gasteiger partial charge in [-0.25, -0.2) is 4.79 Å². The Morgan fingerprint density at radius 1 is 1.27 bits per heavy atom. The van der Waals surface area contributed by atoms with E-state index in [0.717, 1.165) is 0 Å². The first-order chi connectivity index (χ1) is 5.22. The van der Waals surface area contributed by atoms with Crippen LogP contribution in [-0.4, -0.2) is 11.1 Å². The van der Waals surface area contributed by atoms with Crippen molar-refractivity contribution in [2.24, 2.45) is 0 Å². The number of hydrogen-bond acceptors (Lipinski definition) is 1. The Morgan fingerprint density at radius 2 is 1.91 bits per heavy atom. The third-order valence-corrected chi connectivity index (χ3v) is 1.14. The van der Waals surface area contributed by atoms with Crippen LogP contribution < -0.4 is 0 Å². The zero-order chi connectivity index (χ0) is 8.69. The van der Waals surface area contributed by atoms with Crippen LogP contribution in [0.4, 0.5) is 0 Å². The highest BCUT2D eigenvalue weighted by atomic mass is 16.4. The second-order valence-electron chi connectivity index (χ2n) is 1.93. The Labute approximate surface area is 66.5 Å². The van der Waals surface area contributed by atoms with Gasteiger partial charge in [0.25, 0.3) is 0 Å². The molecular weight excluding hydrogens is 140 g/mol. The van der Waals surface area contributed by atoms with Crippen molar-refractivity contribution in [1.29, 1.82) is 0 Å². The van der Waals surface area contributed by atoms with Crippen LogP contribution in [0.3, 0.4) is 0 Å². The molecule has 0 aliphatic rings. The summed E-state index contributed by atoms with van der Waals surface area (Å²) in [6.45, 7) is 3.57. The van der Waals surface area contributed by atoms with Gasteiger partial charge in [0.05, 0.1) is 5.57 Å². The summed E-state index contributed by atoms with van der Waals surface area (Å²) in [5, 5.41) is 8.53. The Kier molecular flexibility index (Phi) is 4.82. The van der Waals surface area contributed by atoms with Crippen molar-refractivity contribution >= 4 is 5.97 Å². The zero-order valence-electron chi connectivity index (χ0n) is 6.74. The lowest BCUT2D eigenvalue weighted by Crippen LogP contribution is -1.96. The molecule has 0 saturated heterocycles. The Bertz CT molecular complexity index is 210. The summed E-state index contributed by atoms with van der Waals surface area (Å²) < 4.78 is 0. The van der Waals surface area contributed by atoms with Crippen LogP contribution in [0.25, 0.3) is 0 Å². The minimum absolute atomic E-state index is 0.308. The summed E-state index contributed by atoms with van der Waals surface area (Å²) in [6, 6.07) is 0. The van der Waals surface area contributed by atoms with Crippen LogP contribution >= 0.6 is 0 Å². The van der Waals surface area contributed by atoms with Crippen LogP contribution in [0.15, 0.2) is 36.0 Å². The van der Waals surface area contributed by atoms with E-state index >= 15 is 0 Å². The highest BCUT2D eigenvalue weighted by Gasteiger charge is 1.98. The molecule has 0 aliphatic heterocycles. The van der Waals surface area contributed by atoms with Crippen molar-refractivity contribution in [3.63, 3.8) is 0 Å².